The Labute approximate surface area is 105 Å². The first-order valence-corrected chi connectivity index (χ1v) is 5.21. The number of guanidine groups is 1. The van der Waals surface area contributed by atoms with Crippen molar-refractivity contribution in [1.82, 2.24) is 5.48 Å². The number of nitrogens with zero attached hydrogens (tertiary/aromatic N) is 2. The van der Waals surface area contributed by atoms with Crippen molar-refractivity contribution >= 4 is 23.8 Å². The molecule has 0 aliphatic carbocycles. The molecule has 0 saturated heterocycles. The Morgan fingerprint density at radius 2 is 2.29 bits per heavy atom. The van der Waals surface area contributed by atoms with E-state index in [9.17, 15) is 0 Å². The Kier molecular flexibility index (Phi) is 5.77. The van der Waals surface area contributed by atoms with Crippen molar-refractivity contribution in [2.75, 3.05) is 6.61 Å². The second kappa shape index (κ2) is 7.43. The van der Waals surface area contributed by atoms with Crippen LogP contribution in [0.4, 0.5) is 0 Å². The van der Waals surface area contributed by atoms with E-state index in [1.807, 2.05) is 18.2 Å². The number of hydrogen-bond donors (Lipinski definition) is 2. The van der Waals surface area contributed by atoms with Gasteiger partial charge < -0.3 is 5.73 Å². The van der Waals surface area contributed by atoms with E-state index in [-0.39, 0.29) is 5.96 Å². The van der Waals surface area contributed by atoms with Crippen LogP contribution in [0.2, 0.25) is 5.02 Å². The van der Waals surface area contributed by atoms with Crippen molar-refractivity contribution in [3.05, 3.63) is 47.5 Å². The number of nitrogens with two attached hydrogens (primary N) is 1. The van der Waals surface area contributed by atoms with E-state index in [0.717, 1.165) is 5.56 Å². The SMILES string of the molecule is C=CCON/C(N)=N\N=Cc1ccccc1Cl. The van der Waals surface area contributed by atoms with E-state index in [1.165, 1.54) is 6.21 Å². The van der Waals surface area contributed by atoms with Crippen molar-refractivity contribution in [1.29, 1.82) is 0 Å². The van der Waals surface area contributed by atoms with Crippen LogP contribution in [0.25, 0.3) is 0 Å². The van der Waals surface area contributed by atoms with Gasteiger partial charge in [0.05, 0.1) is 12.8 Å². The Morgan fingerprint density at radius 1 is 1.53 bits per heavy atom. The topological polar surface area (TPSA) is 72.0 Å². The summed E-state index contributed by atoms with van der Waals surface area (Å²) in [6, 6.07) is 7.27. The average Bonchev–Trinajstić information content (AvgIpc) is 2.32. The van der Waals surface area contributed by atoms with Gasteiger partial charge in [0.25, 0.3) is 0 Å². The zero-order valence-electron chi connectivity index (χ0n) is 9.14. The molecule has 0 spiro atoms. The van der Waals surface area contributed by atoms with Gasteiger partial charge in [-0.3, -0.25) is 4.84 Å². The quantitative estimate of drug-likeness (QED) is 0.275. The molecule has 0 aromatic heterocycles. The fraction of sp³-hybridized carbons (Fsp3) is 0.0909. The number of hydrogen-bond acceptors (Lipinski definition) is 3. The molecule has 0 aliphatic rings. The molecule has 0 heterocycles. The highest BCUT2D eigenvalue weighted by Crippen LogP contribution is 2.12. The summed E-state index contributed by atoms with van der Waals surface area (Å²) in [5.41, 5.74) is 8.61. The zero-order valence-corrected chi connectivity index (χ0v) is 9.89. The molecule has 5 nitrogen and oxygen atoms in total. The second-order valence-electron chi connectivity index (χ2n) is 2.95. The molecule has 0 bridgehead atoms. The molecule has 1 aromatic rings. The highest BCUT2D eigenvalue weighted by atomic mass is 35.5. The molecule has 0 fully saturated rings. The van der Waals surface area contributed by atoms with E-state index in [1.54, 1.807) is 12.1 Å². The normalized spacial score (nSPS) is 11.7. The Bertz CT molecular complexity index is 431. The van der Waals surface area contributed by atoms with E-state index < -0.39 is 0 Å². The van der Waals surface area contributed by atoms with Crippen LogP contribution in [0.1, 0.15) is 5.56 Å². The minimum absolute atomic E-state index is 0.0511. The van der Waals surface area contributed by atoms with Crippen LogP contribution in [-0.4, -0.2) is 18.8 Å². The molecule has 17 heavy (non-hydrogen) atoms. The lowest BCUT2D eigenvalue weighted by Gasteiger charge is -2.00. The minimum Gasteiger partial charge on any atom is -0.367 e. The molecule has 0 radical (unpaired) electrons. The van der Waals surface area contributed by atoms with E-state index in [4.69, 9.17) is 22.2 Å². The maximum absolute atomic E-state index is 5.92. The molecule has 1 rings (SSSR count). The molecule has 6 heteroatoms. The summed E-state index contributed by atoms with van der Waals surface area (Å²) in [5, 5.41) is 8.03. The summed E-state index contributed by atoms with van der Waals surface area (Å²) in [6.07, 6.45) is 3.08. The van der Waals surface area contributed by atoms with Crippen molar-refractivity contribution in [2.45, 2.75) is 0 Å². The number of halogens is 1. The molecular formula is C11H13ClN4O. The van der Waals surface area contributed by atoms with Gasteiger partial charge in [-0.05, 0) is 6.07 Å². The monoisotopic (exact) mass is 252 g/mol. The van der Waals surface area contributed by atoms with Crippen LogP contribution in [-0.2, 0) is 4.84 Å². The first-order chi connectivity index (χ1) is 8.24. The minimum atomic E-state index is 0.0511. The third-order valence-electron chi connectivity index (χ3n) is 1.65. The lowest BCUT2D eigenvalue weighted by Crippen LogP contribution is -2.31. The van der Waals surface area contributed by atoms with Gasteiger partial charge in [0, 0.05) is 10.6 Å². The molecule has 1 aromatic carbocycles. The van der Waals surface area contributed by atoms with Gasteiger partial charge in [0.15, 0.2) is 0 Å². The fourth-order valence-corrected chi connectivity index (χ4v) is 1.11. The van der Waals surface area contributed by atoms with Gasteiger partial charge in [-0.2, -0.15) is 5.10 Å². The maximum atomic E-state index is 5.92. The predicted octanol–water partition coefficient (Wildman–Crippen LogP) is 1.70. The zero-order chi connectivity index (χ0) is 12.5. The summed E-state index contributed by atoms with van der Waals surface area (Å²) in [4.78, 5) is 4.85. The van der Waals surface area contributed by atoms with Gasteiger partial charge >= 0.3 is 0 Å². The Balaban J connectivity index is 2.51. The van der Waals surface area contributed by atoms with E-state index in [2.05, 4.69) is 22.3 Å². The van der Waals surface area contributed by atoms with Gasteiger partial charge in [0.1, 0.15) is 0 Å². The summed E-state index contributed by atoms with van der Waals surface area (Å²) in [6.45, 7) is 3.80. The standard InChI is InChI=1S/C11H13ClN4O/c1-2-7-17-16-11(13)15-14-8-9-5-3-4-6-10(9)12/h2-6,8H,1,7H2,(H3,13,15,16). The molecule has 0 amide bonds. The van der Waals surface area contributed by atoms with E-state index in [0.29, 0.717) is 11.6 Å². The maximum Gasteiger partial charge on any atom is 0.237 e. The fourth-order valence-electron chi connectivity index (χ4n) is 0.928. The van der Waals surface area contributed by atoms with Crippen molar-refractivity contribution in [3.8, 4) is 0 Å². The van der Waals surface area contributed by atoms with Crippen LogP contribution in [0.5, 0.6) is 0 Å². The van der Waals surface area contributed by atoms with Crippen LogP contribution in [0.15, 0.2) is 47.1 Å². The molecule has 0 unspecified atom stereocenters. The number of rotatable bonds is 5. The van der Waals surface area contributed by atoms with E-state index >= 15 is 0 Å². The smallest absolute Gasteiger partial charge is 0.237 e. The van der Waals surface area contributed by atoms with Crippen molar-refractivity contribution < 1.29 is 4.84 Å². The summed E-state index contributed by atoms with van der Waals surface area (Å²) in [5.74, 6) is 0.0511. The van der Waals surface area contributed by atoms with Gasteiger partial charge in [-0.15, -0.1) is 11.7 Å². The van der Waals surface area contributed by atoms with Gasteiger partial charge in [0.2, 0.25) is 5.96 Å². The largest absolute Gasteiger partial charge is 0.367 e. The third-order valence-corrected chi connectivity index (χ3v) is 1.99. The number of hydroxylamine groups is 1. The average molecular weight is 253 g/mol. The summed E-state index contributed by atoms with van der Waals surface area (Å²) >= 11 is 5.92. The first kappa shape index (κ1) is 13.2. The highest BCUT2D eigenvalue weighted by Gasteiger charge is 1.93. The van der Waals surface area contributed by atoms with Crippen LogP contribution in [0.3, 0.4) is 0 Å². The lowest BCUT2D eigenvalue weighted by atomic mass is 10.2. The Morgan fingerprint density at radius 3 is 3.00 bits per heavy atom. The van der Waals surface area contributed by atoms with Crippen molar-refractivity contribution in [2.24, 2.45) is 15.9 Å². The van der Waals surface area contributed by atoms with Crippen LogP contribution in [0, 0.1) is 0 Å². The lowest BCUT2D eigenvalue weighted by molar-refractivity contribution is 0.109. The molecule has 0 aliphatic heterocycles. The summed E-state index contributed by atoms with van der Waals surface area (Å²) in [7, 11) is 0. The molecule has 3 N–H and O–H groups in total. The molecular weight excluding hydrogens is 240 g/mol. The first-order valence-electron chi connectivity index (χ1n) is 4.83. The summed E-state index contributed by atoms with van der Waals surface area (Å²) < 4.78 is 0. The number of nitrogens with one attached hydrogen (secondary N) is 1. The Hall–Kier alpha value is -1.85. The highest BCUT2D eigenvalue weighted by molar-refractivity contribution is 6.33. The second-order valence-corrected chi connectivity index (χ2v) is 3.36. The molecule has 90 valence electrons. The van der Waals surface area contributed by atoms with Crippen molar-refractivity contribution in [3.63, 3.8) is 0 Å². The molecule has 0 atom stereocenters. The van der Waals surface area contributed by atoms with Gasteiger partial charge in [-0.25, -0.2) is 5.48 Å². The molecule has 0 saturated carbocycles. The number of benzene rings is 1. The van der Waals surface area contributed by atoms with Crippen LogP contribution < -0.4 is 11.2 Å². The predicted molar refractivity (Wildman–Crippen MR) is 70.0 cm³/mol. The third kappa shape index (κ3) is 5.14. The van der Waals surface area contributed by atoms with Crippen LogP contribution >= 0.6 is 11.6 Å². The van der Waals surface area contributed by atoms with Gasteiger partial charge in [-0.1, -0.05) is 35.9 Å².